The van der Waals surface area contributed by atoms with Gasteiger partial charge in [-0.05, 0) is 0 Å². The maximum atomic E-state index is 11.3. The van der Waals surface area contributed by atoms with E-state index in [0.717, 1.165) is 0 Å². The number of hydrogen-bond donors (Lipinski definition) is 0. The monoisotopic (exact) mass is 194 g/mol. The quantitative estimate of drug-likeness (QED) is 0.278. The fourth-order valence-electron chi connectivity index (χ4n) is 0.989. The predicted octanol–water partition coefficient (Wildman–Crippen LogP) is 0.236. The SMILES string of the molecule is C=CC[C]([Na])(C(=O)OC)C(=O)OC. The first kappa shape index (κ1) is 12.7. The molecule has 0 aliphatic carbocycles. The van der Waals surface area contributed by atoms with Crippen LogP contribution in [0.25, 0.3) is 0 Å². The number of esters is 2. The van der Waals surface area contributed by atoms with Crippen LogP contribution in [0.3, 0.4) is 0 Å². The summed E-state index contributed by atoms with van der Waals surface area (Å²) in [6.07, 6.45) is 1.78. The topological polar surface area (TPSA) is 52.6 Å². The molecule has 0 aromatic heterocycles. The normalized spacial score (nSPS) is 10.5. The number of carbonyl (C=O) groups excluding carboxylic acids is 2. The third-order valence-corrected chi connectivity index (χ3v) is 3.05. The van der Waals surface area contributed by atoms with Gasteiger partial charge >= 0.3 is 94.9 Å². The summed E-state index contributed by atoms with van der Waals surface area (Å²) in [6.45, 7) is 3.49. The maximum absolute atomic E-state index is 11.3. The van der Waals surface area contributed by atoms with Crippen molar-refractivity contribution in [2.75, 3.05) is 14.2 Å². The molecule has 0 rings (SSSR count). The molecule has 0 amide bonds. The van der Waals surface area contributed by atoms with Crippen LogP contribution in [0.1, 0.15) is 6.42 Å². The van der Waals surface area contributed by atoms with Crippen LogP contribution in [0.4, 0.5) is 0 Å². The summed E-state index contributed by atoms with van der Waals surface area (Å²) < 4.78 is 7.94. The van der Waals surface area contributed by atoms with Crippen LogP contribution in [-0.4, -0.2) is 54.1 Å². The van der Waals surface area contributed by atoms with Crippen molar-refractivity contribution in [3.05, 3.63) is 12.7 Å². The van der Waals surface area contributed by atoms with E-state index >= 15 is 0 Å². The average molecular weight is 194 g/mol. The van der Waals surface area contributed by atoms with Gasteiger partial charge in [0.2, 0.25) is 0 Å². The predicted molar refractivity (Wildman–Crippen MR) is 47.3 cm³/mol. The summed E-state index contributed by atoms with van der Waals surface area (Å²) in [7, 11) is 2.50. The Morgan fingerprint density at radius 2 is 1.77 bits per heavy atom. The van der Waals surface area contributed by atoms with E-state index in [1.807, 2.05) is 0 Å². The molecule has 0 saturated carbocycles. The Kier molecular flexibility index (Phi) is 5.29. The molecule has 0 aromatic carbocycles. The van der Waals surface area contributed by atoms with Crippen LogP contribution in [0.15, 0.2) is 12.7 Å². The van der Waals surface area contributed by atoms with Gasteiger partial charge in [-0.3, -0.25) is 0 Å². The van der Waals surface area contributed by atoms with E-state index in [0.29, 0.717) is 27.9 Å². The van der Waals surface area contributed by atoms with Gasteiger partial charge < -0.3 is 0 Å². The zero-order chi connectivity index (χ0) is 10.5. The standard InChI is InChI=1S/C8H11O4.Na/c1-4-5-6(7(9)11-2)8(10)12-3;/h4H,1,5H2,2-3H3;. The van der Waals surface area contributed by atoms with Crippen LogP contribution >= 0.6 is 0 Å². The second kappa shape index (κ2) is 5.42. The molecule has 0 fully saturated rings. The van der Waals surface area contributed by atoms with Gasteiger partial charge in [-0.2, -0.15) is 0 Å². The summed E-state index contributed by atoms with van der Waals surface area (Å²) in [4.78, 5) is 22.6. The van der Waals surface area contributed by atoms with E-state index < -0.39 is 14.6 Å². The third kappa shape index (κ3) is 2.83. The molecule has 0 unspecified atom stereocenters. The molecule has 4 nitrogen and oxygen atoms in total. The van der Waals surface area contributed by atoms with Gasteiger partial charge in [-0.1, -0.05) is 0 Å². The van der Waals surface area contributed by atoms with Crippen LogP contribution in [0.2, 0.25) is 2.66 Å². The van der Waals surface area contributed by atoms with E-state index in [9.17, 15) is 9.59 Å². The number of carbonyl (C=O) groups is 2. The Hall–Kier alpha value is -0.320. The first-order chi connectivity index (χ1) is 6.02. The summed E-state index contributed by atoms with van der Waals surface area (Å²) >= 11 is 0.345. The van der Waals surface area contributed by atoms with Gasteiger partial charge in [0, 0.05) is 0 Å². The zero-order valence-electron chi connectivity index (χ0n) is 8.12. The van der Waals surface area contributed by atoms with Gasteiger partial charge in [0.1, 0.15) is 0 Å². The Bertz CT molecular complexity index is 208. The summed E-state index contributed by atoms with van der Waals surface area (Å²) in [5.41, 5.74) is 0. The Morgan fingerprint density at radius 3 is 2.00 bits per heavy atom. The van der Waals surface area contributed by atoms with Gasteiger partial charge in [-0.25, -0.2) is 0 Å². The fraction of sp³-hybridized carbons (Fsp3) is 0.500. The average Bonchev–Trinajstić information content (AvgIpc) is 2.15. The molecule has 0 saturated heterocycles. The van der Waals surface area contributed by atoms with E-state index in [1.165, 1.54) is 20.3 Å². The third-order valence-electron chi connectivity index (χ3n) is 1.82. The molecular weight excluding hydrogens is 183 g/mol. The second-order valence-corrected chi connectivity index (χ2v) is 4.52. The Balaban J connectivity index is 4.81. The van der Waals surface area contributed by atoms with Crippen LogP contribution in [-0.2, 0) is 19.1 Å². The molecule has 0 aromatic rings. The molecule has 13 heavy (non-hydrogen) atoms. The minimum atomic E-state index is -1.13. The van der Waals surface area contributed by atoms with Gasteiger partial charge in [0.15, 0.2) is 0 Å². The second-order valence-electron chi connectivity index (χ2n) is 2.81. The summed E-state index contributed by atoms with van der Waals surface area (Å²) in [5.74, 6) is -1.10. The Labute approximate surface area is 94.7 Å². The van der Waals surface area contributed by atoms with Crippen LogP contribution < -0.4 is 0 Å². The molecule has 68 valence electrons. The molecular formula is C8H11NaO4. The Morgan fingerprint density at radius 1 is 1.38 bits per heavy atom. The van der Waals surface area contributed by atoms with Crippen molar-refractivity contribution in [1.29, 1.82) is 0 Å². The van der Waals surface area contributed by atoms with E-state index in [-0.39, 0.29) is 6.42 Å². The number of methoxy groups -OCH3 is 2. The van der Waals surface area contributed by atoms with Crippen molar-refractivity contribution < 1.29 is 19.1 Å². The van der Waals surface area contributed by atoms with Gasteiger partial charge in [-0.15, -0.1) is 0 Å². The van der Waals surface area contributed by atoms with Crippen LogP contribution in [0.5, 0.6) is 0 Å². The van der Waals surface area contributed by atoms with Gasteiger partial charge in [0.05, 0.1) is 0 Å². The van der Waals surface area contributed by atoms with E-state index in [4.69, 9.17) is 0 Å². The van der Waals surface area contributed by atoms with Crippen molar-refractivity contribution >= 4 is 39.9 Å². The summed E-state index contributed by atoms with van der Waals surface area (Å²) in [5, 5.41) is 0. The molecule has 0 aliphatic heterocycles. The number of hydrogen-bond acceptors (Lipinski definition) is 4. The minimum absolute atomic E-state index is 0.262. The number of ether oxygens (including phenoxy) is 2. The van der Waals surface area contributed by atoms with Gasteiger partial charge in [0.25, 0.3) is 0 Å². The first-order valence-electron chi connectivity index (χ1n) is 3.80. The van der Waals surface area contributed by atoms with Crippen molar-refractivity contribution in [2.45, 2.75) is 9.09 Å². The molecule has 0 N–H and O–H groups in total. The molecule has 0 radical (unpaired) electrons. The first-order valence-corrected chi connectivity index (χ1v) is 4.80. The fourth-order valence-corrected chi connectivity index (χ4v) is 1.69. The number of rotatable bonds is 4. The molecule has 0 spiro atoms. The van der Waals surface area contributed by atoms with E-state index in [2.05, 4.69) is 16.1 Å². The van der Waals surface area contributed by atoms with Crippen molar-refractivity contribution in [3.8, 4) is 0 Å². The van der Waals surface area contributed by atoms with Crippen molar-refractivity contribution in [2.24, 2.45) is 0 Å². The molecule has 5 heteroatoms. The molecule has 0 atom stereocenters. The molecule has 0 aliphatic rings. The van der Waals surface area contributed by atoms with Crippen LogP contribution in [0, 0.1) is 0 Å². The number of allylic oxidation sites excluding steroid dienone is 1. The zero-order valence-corrected chi connectivity index (χ0v) is 10.1. The summed E-state index contributed by atoms with van der Waals surface area (Å²) in [6, 6.07) is 0. The molecule has 0 heterocycles. The van der Waals surface area contributed by atoms with Crippen molar-refractivity contribution in [3.63, 3.8) is 0 Å². The van der Waals surface area contributed by atoms with E-state index in [1.54, 1.807) is 0 Å². The van der Waals surface area contributed by atoms with Crippen molar-refractivity contribution in [1.82, 2.24) is 0 Å². The molecule has 0 bridgehead atoms.